The second kappa shape index (κ2) is 5.20. The number of carbonyl (C=O) groups excluding carboxylic acids is 1. The van der Waals surface area contributed by atoms with Gasteiger partial charge in [-0.25, -0.2) is 13.1 Å². The summed E-state index contributed by atoms with van der Waals surface area (Å²) in [4.78, 5) is 12.3. The van der Waals surface area contributed by atoms with E-state index in [0.29, 0.717) is 21.7 Å². The predicted molar refractivity (Wildman–Crippen MR) is 87.9 cm³/mol. The number of aromatic nitrogens is 2. The zero-order valence-corrected chi connectivity index (χ0v) is 15.3. The standard InChI is InChI=1S/C14H16BrN3O4S/c1-14(2,3)18-12(8-6-23(20,21)7-9(8)17-18)16-13(19)10-4-5-11(15)22-10/h4-5H,6-7H2,1-3H3,(H,16,19). The van der Waals surface area contributed by atoms with Gasteiger partial charge in [-0.3, -0.25) is 4.79 Å². The number of hydrogen-bond donors (Lipinski definition) is 1. The van der Waals surface area contributed by atoms with Crippen molar-refractivity contribution in [1.82, 2.24) is 9.78 Å². The van der Waals surface area contributed by atoms with Crippen LogP contribution < -0.4 is 5.32 Å². The lowest BCUT2D eigenvalue weighted by molar-refractivity contribution is 0.0993. The molecule has 9 heteroatoms. The first-order chi connectivity index (χ1) is 10.6. The minimum Gasteiger partial charge on any atom is -0.444 e. The van der Waals surface area contributed by atoms with Gasteiger partial charge in [0.1, 0.15) is 5.82 Å². The normalized spacial score (nSPS) is 16.3. The molecule has 1 amide bonds. The zero-order valence-electron chi connectivity index (χ0n) is 12.9. The molecule has 0 aliphatic carbocycles. The first kappa shape index (κ1) is 16.3. The molecular formula is C14H16BrN3O4S. The molecule has 0 saturated heterocycles. The number of fused-ring (bicyclic) bond motifs is 1. The lowest BCUT2D eigenvalue weighted by Crippen LogP contribution is -2.27. The zero-order chi connectivity index (χ0) is 17.0. The molecule has 23 heavy (non-hydrogen) atoms. The third kappa shape index (κ3) is 3.07. The van der Waals surface area contributed by atoms with Gasteiger partial charge in [0, 0.05) is 5.56 Å². The van der Waals surface area contributed by atoms with Crippen molar-refractivity contribution in [3.8, 4) is 0 Å². The number of anilines is 1. The molecule has 0 bridgehead atoms. The number of halogens is 1. The maximum absolute atomic E-state index is 12.3. The fourth-order valence-electron chi connectivity index (χ4n) is 2.46. The smallest absolute Gasteiger partial charge is 0.292 e. The largest absolute Gasteiger partial charge is 0.444 e. The Hall–Kier alpha value is -1.61. The second-order valence-corrected chi connectivity index (χ2v) is 9.29. The van der Waals surface area contributed by atoms with E-state index in [9.17, 15) is 13.2 Å². The third-order valence-electron chi connectivity index (χ3n) is 3.45. The lowest BCUT2D eigenvalue weighted by atomic mass is 10.1. The minimum atomic E-state index is -3.20. The Morgan fingerprint density at radius 1 is 1.35 bits per heavy atom. The van der Waals surface area contributed by atoms with Crippen LogP contribution in [-0.4, -0.2) is 24.1 Å². The quantitative estimate of drug-likeness (QED) is 0.834. The van der Waals surface area contributed by atoms with E-state index in [-0.39, 0.29) is 17.3 Å². The van der Waals surface area contributed by atoms with Crippen molar-refractivity contribution >= 4 is 37.5 Å². The van der Waals surface area contributed by atoms with Crippen molar-refractivity contribution in [3.63, 3.8) is 0 Å². The van der Waals surface area contributed by atoms with E-state index in [1.165, 1.54) is 6.07 Å². The fourth-order valence-corrected chi connectivity index (χ4v) is 4.26. The number of furan rings is 1. The van der Waals surface area contributed by atoms with Gasteiger partial charge in [-0.15, -0.1) is 0 Å². The van der Waals surface area contributed by atoms with Crippen LogP contribution in [0.15, 0.2) is 21.2 Å². The first-order valence-corrected chi connectivity index (χ1v) is 9.57. The van der Waals surface area contributed by atoms with E-state index < -0.39 is 21.3 Å². The van der Waals surface area contributed by atoms with Gasteiger partial charge in [0.2, 0.25) is 0 Å². The first-order valence-electron chi connectivity index (χ1n) is 6.95. The van der Waals surface area contributed by atoms with E-state index >= 15 is 0 Å². The molecule has 0 unspecified atom stereocenters. The molecule has 0 fully saturated rings. The van der Waals surface area contributed by atoms with E-state index in [4.69, 9.17) is 4.42 Å². The lowest BCUT2D eigenvalue weighted by Gasteiger charge is -2.23. The Bertz CT molecular complexity index is 890. The van der Waals surface area contributed by atoms with E-state index in [1.54, 1.807) is 10.7 Å². The molecule has 1 aliphatic rings. The number of amides is 1. The Morgan fingerprint density at radius 2 is 2.04 bits per heavy atom. The fraction of sp³-hybridized carbons (Fsp3) is 0.429. The Kier molecular flexibility index (Phi) is 3.68. The predicted octanol–water partition coefficient (Wildman–Crippen LogP) is 2.67. The van der Waals surface area contributed by atoms with Gasteiger partial charge in [-0.1, -0.05) is 0 Å². The summed E-state index contributed by atoms with van der Waals surface area (Å²) in [5.74, 6) is -0.122. The molecule has 7 nitrogen and oxygen atoms in total. The van der Waals surface area contributed by atoms with Crippen molar-refractivity contribution < 1.29 is 17.6 Å². The number of nitrogens with one attached hydrogen (secondary N) is 1. The molecule has 2 aromatic rings. The van der Waals surface area contributed by atoms with Crippen molar-refractivity contribution in [2.24, 2.45) is 0 Å². The molecule has 0 atom stereocenters. The number of carbonyl (C=O) groups is 1. The molecular weight excluding hydrogens is 386 g/mol. The van der Waals surface area contributed by atoms with Gasteiger partial charge in [-0.05, 0) is 48.8 Å². The Labute approximate surface area is 142 Å². The van der Waals surface area contributed by atoms with Crippen LogP contribution >= 0.6 is 15.9 Å². The summed E-state index contributed by atoms with van der Waals surface area (Å²) in [5, 5.41) is 7.14. The van der Waals surface area contributed by atoms with Crippen molar-refractivity contribution in [2.45, 2.75) is 37.8 Å². The maximum Gasteiger partial charge on any atom is 0.292 e. The monoisotopic (exact) mass is 401 g/mol. The summed E-state index contributed by atoms with van der Waals surface area (Å²) in [7, 11) is -3.20. The van der Waals surface area contributed by atoms with E-state index in [2.05, 4.69) is 26.3 Å². The highest BCUT2D eigenvalue weighted by Crippen LogP contribution is 2.34. The molecule has 1 N–H and O–H groups in total. The van der Waals surface area contributed by atoms with Gasteiger partial charge in [0.25, 0.3) is 5.91 Å². The van der Waals surface area contributed by atoms with E-state index in [1.807, 2.05) is 20.8 Å². The molecule has 0 radical (unpaired) electrons. The summed E-state index contributed by atoms with van der Waals surface area (Å²) in [6.07, 6.45) is 0. The van der Waals surface area contributed by atoms with Crippen molar-refractivity contribution in [2.75, 3.05) is 5.32 Å². The molecule has 3 heterocycles. The van der Waals surface area contributed by atoms with Crippen LogP contribution in [0.1, 0.15) is 42.6 Å². The Morgan fingerprint density at radius 3 is 2.61 bits per heavy atom. The van der Waals surface area contributed by atoms with E-state index in [0.717, 1.165) is 0 Å². The van der Waals surface area contributed by atoms with Crippen LogP contribution in [0, 0.1) is 0 Å². The van der Waals surface area contributed by atoms with Gasteiger partial charge in [0.15, 0.2) is 20.3 Å². The average molecular weight is 402 g/mol. The molecule has 0 spiro atoms. The number of nitrogens with zero attached hydrogens (tertiary/aromatic N) is 2. The maximum atomic E-state index is 12.3. The number of sulfone groups is 1. The summed E-state index contributed by atoms with van der Waals surface area (Å²) >= 11 is 3.15. The summed E-state index contributed by atoms with van der Waals surface area (Å²) in [6.45, 7) is 5.80. The van der Waals surface area contributed by atoms with Crippen LogP contribution in [0.3, 0.4) is 0 Å². The van der Waals surface area contributed by atoms with Crippen LogP contribution in [0.5, 0.6) is 0 Å². The minimum absolute atomic E-state index is 0.0966. The molecule has 124 valence electrons. The highest BCUT2D eigenvalue weighted by Gasteiger charge is 2.35. The molecule has 0 aromatic carbocycles. The molecule has 3 rings (SSSR count). The van der Waals surface area contributed by atoms with Crippen LogP contribution in [0.2, 0.25) is 0 Å². The highest BCUT2D eigenvalue weighted by atomic mass is 79.9. The average Bonchev–Trinajstić information content (AvgIpc) is 3.03. The van der Waals surface area contributed by atoms with Gasteiger partial charge >= 0.3 is 0 Å². The van der Waals surface area contributed by atoms with Gasteiger partial charge in [-0.2, -0.15) is 5.10 Å². The summed E-state index contributed by atoms with van der Waals surface area (Å²) in [6, 6.07) is 3.15. The molecule has 1 aliphatic heterocycles. The molecule has 2 aromatic heterocycles. The number of rotatable bonds is 2. The van der Waals surface area contributed by atoms with Crippen molar-refractivity contribution in [1.29, 1.82) is 0 Å². The third-order valence-corrected chi connectivity index (χ3v) is 5.32. The SMILES string of the molecule is CC(C)(C)n1nc2c(c1NC(=O)c1ccc(Br)o1)CS(=O)(=O)C2. The summed E-state index contributed by atoms with van der Waals surface area (Å²) < 4.78 is 31.0. The molecule has 0 saturated carbocycles. The summed E-state index contributed by atoms with van der Waals surface area (Å²) in [5.41, 5.74) is 0.648. The number of hydrogen-bond acceptors (Lipinski definition) is 5. The van der Waals surface area contributed by atoms with Gasteiger partial charge < -0.3 is 9.73 Å². The van der Waals surface area contributed by atoms with Crippen molar-refractivity contribution in [3.05, 3.63) is 33.8 Å². The highest BCUT2D eigenvalue weighted by molar-refractivity contribution is 9.10. The van der Waals surface area contributed by atoms with Crippen LogP contribution in [-0.2, 0) is 26.9 Å². The Balaban J connectivity index is 2.02. The van der Waals surface area contributed by atoms with Crippen LogP contribution in [0.4, 0.5) is 5.82 Å². The second-order valence-electron chi connectivity index (χ2n) is 6.45. The van der Waals surface area contributed by atoms with Gasteiger partial charge in [0.05, 0.1) is 22.7 Å². The topological polar surface area (TPSA) is 94.2 Å². The van der Waals surface area contributed by atoms with Crippen LogP contribution in [0.25, 0.3) is 0 Å².